The van der Waals surface area contributed by atoms with E-state index in [2.05, 4.69) is 5.32 Å². The summed E-state index contributed by atoms with van der Waals surface area (Å²) >= 11 is 0. The van der Waals surface area contributed by atoms with Crippen LogP contribution in [0.3, 0.4) is 0 Å². The van der Waals surface area contributed by atoms with E-state index >= 15 is 0 Å². The largest absolute Gasteiger partial charge is 0.378 e. The van der Waals surface area contributed by atoms with Gasteiger partial charge in [0.1, 0.15) is 6.10 Å². The van der Waals surface area contributed by atoms with Crippen molar-refractivity contribution in [1.82, 2.24) is 5.32 Å². The van der Waals surface area contributed by atoms with Crippen LogP contribution >= 0.6 is 0 Å². The number of nitrogens with one attached hydrogen (secondary N) is 1. The number of ether oxygens (including phenoxy) is 2. The van der Waals surface area contributed by atoms with Crippen molar-refractivity contribution in [2.45, 2.75) is 24.7 Å². The molecule has 5 unspecified atom stereocenters. The average Bonchev–Trinajstić information content (AvgIpc) is 2.87. The predicted molar refractivity (Wildman–Crippen MR) is 44.2 cm³/mol. The van der Waals surface area contributed by atoms with E-state index in [4.69, 9.17) is 9.47 Å². The molecule has 3 rings (SSSR count). The van der Waals surface area contributed by atoms with Crippen LogP contribution in [0.1, 0.15) is 6.42 Å². The van der Waals surface area contributed by atoms with E-state index in [1.807, 2.05) is 0 Å². The SMILES string of the molecule is COC1C2OC2CC2C(=O)NC(=O)C21. The lowest BCUT2D eigenvalue weighted by atomic mass is 9.79. The lowest BCUT2D eigenvalue weighted by Crippen LogP contribution is -2.41. The van der Waals surface area contributed by atoms with Crippen molar-refractivity contribution in [2.24, 2.45) is 11.8 Å². The van der Waals surface area contributed by atoms with E-state index in [1.165, 1.54) is 0 Å². The van der Waals surface area contributed by atoms with Crippen LogP contribution in [-0.4, -0.2) is 37.2 Å². The van der Waals surface area contributed by atoms with E-state index in [9.17, 15) is 9.59 Å². The van der Waals surface area contributed by atoms with Crippen molar-refractivity contribution in [3.63, 3.8) is 0 Å². The van der Waals surface area contributed by atoms with Crippen molar-refractivity contribution in [3.8, 4) is 0 Å². The third-order valence-electron chi connectivity index (χ3n) is 3.38. The van der Waals surface area contributed by atoms with Gasteiger partial charge in [-0.25, -0.2) is 0 Å². The van der Waals surface area contributed by atoms with Gasteiger partial charge in [0.15, 0.2) is 0 Å². The number of rotatable bonds is 1. The third kappa shape index (κ3) is 0.911. The molecule has 3 fully saturated rings. The normalized spacial score (nSPS) is 49.6. The molecule has 14 heavy (non-hydrogen) atoms. The quantitative estimate of drug-likeness (QED) is 0.435. The Hall–Kier alpha value is -0.940. The number of carbonyl (C=O) groups is 2. The molecule has 0 aromatic carbocycles. The Morgan fingerprint density at radius 3 is 2.93 bits per heavy atom. The van der Waals surface area contributed by atoms with Gasteiger partial charge in [-0.05, 0) is 6.42 Å². The maximum Gasteiger partial charge on any atom is 0.233 e. The highest BCUT2D eigenvalue weighted by molar-refractivity contribution is 6.05. The Morgan fingerprint density at radius 2 is 2.21 bits per heavy atom. The van der Waals surface area contributed by atoms with Crippen LogP contribution in [0.2, 0.25) is 0 Å². The summed E-state index contributed by atoms with van der Waals surface area (Å²) in [6, 6.07) is 0. The van der Waals surface area contributed by atoms with Crippen molar-refractivity contribution < 1.29 is 19.1 Å². The summed E-state index contributed by atoms with van der Waals surface area (Å²) in [6.45, 7) is 0. The highest BCUT2D eigenvalue weighted by atomic mass is 16.6. The van der Waals surface area contributed by atoms with Gasteiger partial charge in [0.05, 0.1) is 24.0 Å². The van der Waals surface area contributed by atoms with Crippen LogP contribution < -0.4 is 5.32 Å². The minimum Gasteiger partial charge on any atom is -0.378 e. The van der Waals surface area contributed by atoms with E-state index < -0.39 is 0 Å². The smallest absolute Gasteiger partial charge is 0.233 e. The molecule has 3 aliphatic rings. The van der Waals surface area contributed by atoms with Crippen molar-refractivity contribution in [1.29, 1.82) is 0 Å². The van der Waals surface area contributed by atoms with E-state index in [0.29, 0.717) is 6.42 Å². The van der Waals surface area contributed by atoms with Crippen LogP contribution in [0.4, 0.5) is 0 Å². The summed E-state index contributed by atoms with van der Waals surface area (Å²) in [5.41, 5.74) is 0. The molecule has 2 heterocycles. The first kappa shape index (κ1) is 8.38. The molecular weight excluding hydrogens is 186 g/mol. The Balaban J connectivity index is 1.93. The Bertz CT molecular complexity index is 316. The Kier molecular flexibility index (Phi) is 1.52. The van der Waals surface area contributed by atoms with Crippen molar-refractivity contribution in [2.75, 3.05) is 7.11 Å². The zero-order chi connectivity index (χ0) is 9.87. The fourth-order valence-electron chi connectivity index (χ4n) is 2.65. The minimum atomic E-state index is -0.337. The first-order chi connectivity index (χ1) is 6.72. The predicted octanol–water partition coefficient (Wildman–Crippen LogP) is -0.939. The minimum absolute atomic E-state index is 0.0258. The van der Waals surface area contributed by atoms with Crippen LogP contribution in [0.15, 0.2) is 0 Å². The number of epoxide rings is 1. The van der Waals surface area contributed by atoms with E-state index in [1.54, 1.807) is 7.11 Å². The highest BCUT2D eigenvalue weighted by Gasteiger charge is 2.61. The number of carbonyl (C=O) groups excluding carboxylic acids is 2. The van der Waals surface area contributed by atoms with Gasteiger partial charge < -0.3 is 9.47 Å². The number of hydrogen-bond acceptors (Lipinski definition) is 4. The van der Waals surface area contributed by atoms with Gasteiger partial charge in [-0.1, -0.05) is 0 Å². The lowest BCUT2D eigenvalue weighted by Gasteiger charge is -2.25. The van der Waals surface area contributed by atoms with Gasteiger partial charge in [0, 0.05) is 7.11 Å². The molecule has 76 valence electrons. The first-order valence-corrected chi connectivity index (χ1v) is 4.75. The average molecular weight is 197 g/mol. The van der Waals surface area contributed by atoms with Gasteiger partial charge in [0.25, 0.3) is 0 Å². The number of imide groups is 1. The molecule has 2 amide bonds. The van der Waals surface area contributed by atoms with Crippen molar-refractivity contribution in [3.05, 3.63) is 0 Å². The standard InChI is InChI=1S/C9H11NO4/c1-13-7-5-3(2-4-6(7)14-4)8(11)10-9(5)12/h3-7H,2H2,1H3,(H,10,11,12). The van der Waals surface area contributed by atoms with Crippen LogP contribution in [0.5, 0.6) is 0 Å². The zero-order valence-corrected chi connectivity index (χ0v) is 7.73. The van der Waals surface area contributed by atoms with Crippen LogP contribution in [0, 0.1) is 11.8 Å². The number of methoxy groups -OCH3 is 1. The molecule has 5 atom stereocenters. The maximum atomic E-state index is 11.5. The maximum absolute atomic E-state index is 11.5. The second kappa shape index (κ2) is 2.55. The fourth-order valence-corrected chi connectivity index (χ4v) is 2.65. The second-order valence-electron chi connectivity index (χ2n) is 4.06. The molecule has 0 aromatic rings. The molecular formula is C9H11NO4. The summed E-state index contributed by atoms with van der Waals surface area (Å²) in [6.07, 6.45) is 0.563. The molecule has 0 spiro atoms. The zero-order valence-electron chi connectivity index (χ0n) is 7.73. The lowest BCUT2D eigenvalue weighted by molar-refractivity contribution is -0.128. The van der Waals surface area contributed by atoms with E-state index in [0.717, 1.165) is 0 Å². The molecule has 1 saturated carbocycles. The second-order valence-corrected chi connectivity index (χ2v) is 4.06. The fraction of sp³-hybridized carbons (Fsp3) is 0.778. The van der Waals surface area contributed by atoms with Gasteiger partial charge in [0.2, 0.25) is 11.8 Å². The third-order valence-corrected chi connectivity index (χ3v) is 3.38. The van der Waals surface area contributed by atoms with Crippen LogP contribution in [-0.2, 0) is 19.1 Å². The highest BCUT2D eigenvalue weighted by Crippen LogP contribution is 2.46. The monoisotopic (exact) mass is 197 g/mol. The molecule has 0 radical (unpaired) electrons. The Morgan fingerprint density at radius 1 is 1.43 bits per heavy atom. The molecule has 2 saturated heterocycles. The van der Waals surface area contributed by atoms with E-state index in [-0.39, 0.29) is 42.0 Å². The molecule has 5 nitrogen and oxygen atoms in total. The molecule has 2 aliphatic heterocycles. The summed E-state index contributed by atoms with van der Waals surface area (Å²) in [5, 5.41) is 2.35. The van der Waals surface area contributed by atoms with Gasteiger partial charge in [-0.15, -0.1) is 0 Å². The molecule has 1 N–H and O–H groups in total. The number of fused-ring (bicyclic) bond motifs is 2. The van der Waals surface area contributed by atoms with Gasteiger partial charge >= 0.3 is 0 Å². The topological polar surface area (TPSA) is 67.9 Å². The molecule has 5 heteroatoms. The molecule has 1 aliphatic carbocycles. The van der Waals surface area contributed by atoms with Crippen LogP contribution in [0.25, 0.3) is 0 Å². The first-order valence-electron chi connectivity index (χ1n) is 4.75. The summed E-state index contributed by atoms with van der Waals surface area (Å²) in [5.74, 6) is -0.954. The number of amides is 2. The Labute approximate surface area is 80.7 Å². The molecule has 0 bridgehead atoms. The van der Waals surface area contributed by atoms with Crippen molar-refractivity contribution >= 4 is 11.8 Å². The summed E-state index contributed by atoms with van der Waals surface area (Å²) in [7, 11) is 1.56. The van der Waals surface area contributed by atoms with Gasteiger partial charge in [-0.3, -0.25) is 14.9 Å². The number of hydrogen-bond donors (Lipinski definition) is 1. The summed E-state index contributed by atoms with van der Waals surface area (Å²) in [4.78, 5) is 22.9. The molecule has 0 aromatic heterocycles. The van der Waals surface area contributed by atoms with Gasteiger partial charge in [-0.2, -0.15) is 0 Å². The summed E-state index contributed by atoms with van der Waals surface area (Å²) < 4.78 is 10.6.